The molecule has 0 radical (unpaired) electrons. The summed E-state index contributed by atoms with van der Waals surface area (Å²) in [6.07, 6.45) is -6.21. The highest BCUT2D eigenvalue weighted by atomic mass is 16.5. The molecular weight excluding hydrogens is 985 g/mol. The van der Waals surface area contributed by atoms with Crippen molar-refractivity contribution < 1.29 is 68.3 Å². The fourth-order valence-corrected chi connectivity index (χ4v) is 9.09. The van der Waals surface area contributed by atoms with E-state index in [-0.39, 0.29) is 55.9 Å². The molecule has 11 N–H and O–H groups in total. The summed E-state index contributed by atoms with van der Waals surface area (Å²) in [7, 11) is 1.39. The van der Waals surface area contributed by atoms with Crippen molar-refractivity contribution in [3.8, 4) is 11.5 Å². The Morgan fingerprint density at radius 2 is 1.37 bits per heavy atom. The van der Waals surface area contributed by atoms with Crippen LogP contribution in [0.1, 0.15) is 89.8 Å². The molecule has 0 unspecified atom stereocenters. The Morgan fingerprint density at radius 1 is 0.763 bits per heavy atom. The predicted molar refractivity (Wildman–Crippen MR) is 275 cm³/mol. The number of carbonyl (C=O) groups is 9. The smallest absolute Gasteiger partial charge is 0.329 e. The number of aliphatic hydroxyl groups is 2. The molecule has 2 saturated heterocycles. The number of hydrogen-bond donors (Lipinski definition) is 10. The van der Waals surface area contributed by atoms with Gasteiger partial charge in [-0.1, -0.05) is 88.7 Å². The van der Waals surface area contributed by atoms with Crippen molar-refractivity contribution in [2.45, 2.75) is 153 Å². The summed E-state index contributed by atoms with van der Waals surface area (Å²) < 4.78 is 5.96. The van der Waals surface area contributed by atoms with E-state index < -0.39 is 133 Å². The Morgan fingerprint density at radius 3 is 1.96 bits per heavy atom. The lowest BCUT2D eigenvalue weighted by Gasteiger charge is -2.43. The summed E-state index contributed by atoms with van der Waals surface area (Å²) in [5.74, 6) is -9.50. The topological polar surface area (TPSA) is 336 Å². The van der Waals surface area contributed by atoms with E-state index in [1.165, 1.54) is 67.4 Å². The number of phenolic OH excluding ortho intramolecular Hbond substituents is 2. The molecule has 2 aliphatic rings. The summed E-state index contributed by atoms with van der Waals surface area (Å²) in [6, 6.07) is 9.45. The highest BCUT2D eigenvalue weighted by Gasteiger charge is 2.46. The lowest BCUT2D eigenvalue weighted by atomic mass is 9.94. The lowest BCUT2D eigenvalue weighted by Crippen LogP contribution is -2.65. The van der Waals surface area contributed by atoms with Crippen molar-refractivity contribution in [1.82, 2.24) is 36.4 Å². The number of primary amides is 1. The van der Waals surface area contributed by atoms with Gasteiger partial charge in [0, 0.05) is 32.7 Å². The molecule has 11 atom stereocenters. The first kappa shape index (κ1) is 59.3. The molecule has 76 heavy (non-hydrogen) atoms. The first-order valence-electron chi connectivity index (χ1n) is 25.5. The van der Waals surface area contributed by atoms with Crippen molar-refractivity contribution in [3.63, 3.8) is 0 Å². The molecular formula is C54H72N8O14. The zero-order chi connectivity index (χ0) is 56.0. The number of piperidine rings is 1. The quantitative estimate of drug-likeness (QED) is 0.0817. The lowest BCUT2D eigenvalue weighted by molar-refractivity contribution is -0.166. The predicted octanol–water partition coefficient (Wildman–Crippen LogP) is 0.350. The zero-order valence-electron chi connectivity index (χ0n) is 43.6. The third-order valence-electron chi connectivity index (χ3n) is 13.7. The van der Waals surface area contributed by atoms with E-state index in [1.807, 2.05) is 13.8 Å². The van der Waals surface area contributed by atoms with E-state index in [1.54, 1.807) is 44.2 Å². The van der Waals surface area contributed by atoms with E-state index >= 15 is 0 Å². The summed E-state index contributed by atoms with van der Waals surface area (Å²) >= 11 is 0. The van der Waals surface area contributed by atoms with Crippen LogP contribution in [0.5, 0.6) is 11.5 Å². The zero-order valence-corrected chi connectivity index (χ0v) is 43.6. The summed E-state index contributed by atoms with van der Waals surface area (Å²) in [5, 5.41) is 55.1. The van der Waals surface area contributed by atoms with E-state index in [2.05, 4.69) is 26.6 Å². The summed E-state index contributed by atoms with van der Waals surface area (Å²) in [4.78, 5) is 130. The minimum atomic E-state index is -1.91. The Labute approximate surface area is 441 Å². The van der Waals surface area contributed by atoms with Crippen molar-refractivity contribution in [3.05, 3.63) is 95.6 Å². The molecule has 8 amide bonds. The van der Waals surface area contributed by atoms with E-state index in [9.17, 15) is 63.6 Å². The van der Waals surface area contributed by atoms with Gasteiger partial charge in [-0.25, -0.2) is 4.79 Å². The fourth-order valence-electron chi connectivity index (χ4n) is 9.09. The maximum Gasteiger partial charge on any atom is 0.329 e. The molecule has 3 aromatic rings. The maximum atomic E-state index is 14.9. The van der Waals surface area contributed by atoms with Gasteiger partial charge in [0.05, 0.1) is 0 Å². The third kappa shape index (κ3) is 16.2. The number of fused-ring (bicyclic) bond motifs is 2. The normalized spacial score (nSPS) is 24.3. The van der Waals surface area contributed by atoms with Gasteiger partial charge in [0.15, 0.2) is 0 Å². The van der Waals surface area contributed by atoms with E-state index in [0.717, 1.165) is 4.90 Å². The molecule has 22 nitrogen and oxygen atoms in total. The molecule has 0 spiro atoms. The molecule has 22 heteroatoms. The highest BCUT2D eigenvalue weighted by molar-refractivity contribution is 5.98. The van der Waals surface area contributed by atoms with Crippen LogP contribution in [0.2, 0.25) is 0 Å². The number of nitrogens with two attached hydrogens (primary N) is 1. The minimum absolute atomic E-state index is 0.0339. The molecule has 2 bridgehead atoms. The largest absolute Gasteiger partial charge is 0.508 e. The number of nitrogens with zero attached hydrogens (tertiary/aromatic N) is 2. The van der Waals surface area contributed by atoms with E-state index in [0.29, 0.717) is 23.1 Å². The van der Waals surface area contributed by atoms with Gasteiger partial charge < -0.3 is 67.3 Å². The van der Waals surface area contributed by atoms with Gasteiger partial charge in [0.2, 0.25) is 47.3 Å². The molecule has 5 rings (SSSR count). The maximum absolute atomic E-state index is 14.9. The Balaban J connectivity index is 1.61. The van der Waals surface area contributed by atoms with Crippen molar-refractivity contribution in [1.29, 1.82) is 0 Å². The first-order chi connectivity index (χ1) is 36.0. The number of carbonyl (C=O) groups excluding carboxylic acids is 9. The van der Waals surface area contributed by atoms with Gasteiger partial charge in [-0.15, -0.1) is 0 Å². The van der Waals surface area contributed by atoms with Crippen LogP contribution >= 0.6 is 0 Å². The molecule has 412 valence electrons. The average Bonchev–Trinajstić information content (AvgIpc) is 3.38. The highest BCUT2D eigenvalue weighted by Crippen LogP contribution is 2.27. The van der Waals surface area contributed by atoms with Gasteiger partial charge in [-0.05, 0) is 85.4 Å². The number of rotatable bonds is 17. The molecule has 3 aromatic carbocycles. The SMILES string of the molecule is CC[C@@H](C)[C@H]1NC(=O)[C@@H](Cc2ccccc2)N(C)C(=O)[C@@H](CC(C)C)N2C(=O)[C@@H](CC[C@@H]2O)NC(=O)[C@@H](Cc2ccc(O)cc2)NC(=O)[C@H](NC(=O)[C@H](CCC(N)=O)NC(=O)[C@H](O)Cc2ccc(O)cc2)[C@@H](C)OC1=O. The van der Waals surface area contributed by atoms with Crippen LogP contribution in [-0.2, 0) is 67.2 Å². The number of ether oxygens (including phenoxy) is 1. The van der Waals surface area contributed by atoms with Gasteiger partial charge in [-0.2, -0.15) is 0 Å². The molecule has 2 fully saturated rings. The Kier molecular flexibility index (Phi) is 21.3. The number of aliphatic hydroxyl groups excluding tert-OH is 2. The monoisotopic (exact) mass is 1060 g/mol. The minimum Gasteiger partial charge on any atom is -0.508 e. The number of hydrogen-bond acceptors (Lipinski definition) is 14. The Hall–Kier alpha value is -7.59. The van der Waals surface area contributed by atoms with Gasteiger partial charge in [0.1, 0.15) is 72.2 Å². The van der Waals surface area contributed by atoms with Gasteiger partial charge >= 0.3 is 5.97 Å². The summed E-state index contributed by atoms with van der Waals surface area (Å²) in [6.45, 7) is 8.30. The Bertz CT molecular complexity index is 2530. The standard InChI is InChI=1S/C54H72N8O14/c1-7-30(4)45-54(75)76-31(5)46(60-47(68)37(21-23-43(55)66)56-50(71)42(65)28-34-15-19-36(64)20-16-34)51(72)58-39(26-33-13-17-35(63)18-14-33)48(69)57-38-22-24-44(67)62(52(38)73)41(25-29(2)3)53(74)61(6)40(49(70)59-45)27-32-11-9-8-10-12-32/h8-20,29-31,37-42,44-46,63-65,67H,7,21-28H2,1-6H3,(H2,55,66)(H,56,71)(H,57,69)(H,58,72)(H,59,70)(H,60,68)/t30-,31-,37+,38-,39-,40-,41-,42-,44+,45-,46-/m1/s1. The molecule has 0 saturated carbocycles. The van der Waals surface area contributed by atoms with Crippen LogP contribution in [0.25, 0.3) is 0 Å². The van der Waals surface area contributed by atoms with Crippen molar-refractivity contribution >= 4 is 53.2 Å². The van der Waals surface area contributed by atoms with Crippen LogP contribution < -0.4 is 32.3 Å². The van der Waals surface area contributed by atoms with Crippen molar-refractivity contribution in [2.24, 2.45) is 17.6 Å². The molecule has 2 aliphatic heterocycles. The van der Waals surface area contributed by atoms with E-state index in [4.69, 9.17) is 10.5 Å². The molecule has 2 heterocycles. The number of aromatic hydroxyl groups is 2. The van der Waals surface area contributed by atoms with Crippen LogP contribution in [-0.4, -0.2) is 151 Å². The number of cyclic esters (lactones) is 1. The summed E-state index contributed by atoms with van der Waals surface area (Å²) in [5.41, 5.74) is 6.93. The molecule has 0 aliphatic carbocycles. The number of amides is 8. The number of benzene rings is 3. The second-order valence-electron chi connectivity index (χ2n) is 20.0. The van der Waals surface area contributed by atoms with Gasteiger partial charge in [0.25, 0.3) is 0 Å². The van der Waals surface area contributed by atoms with Gasteiger partial charge in [-0.3, -0.25) is 38.4 Å². The second-order valence-corrected chi connectivity index (χ2v) is 20.0. The number of likely N-dealkylation sites (N-methyl/N-ethyl adjacent to an activating group) is 1. The average molecular weight is 1060 g/mol. The third-order valence-corrected chi connectivity index (χ3v) is 13.7. The van der Waals surface area contributed by atoms with Crippen molar-refractivity contribution in [2.75, 3.05) is 7.05 Å². The molecule has 0 aromatic heterocycles. The number of nitrogens with one attached hydrogen (secondary N) is 5. The number of esters is 1. The second kappa shape index (κ2) is 27.3. The first-order valence-corrected chi connectivity index (χ1v) is 25.5. The van der Waals surface area contributed by atoms with Crippen LogP contribution in [0.15, 0.2) is 78.9 Å². The van der Waals surface area contributed by atoms with Crippen LogP contribution in [0.3, 0.4) is 0 Å². The number of phenols is 2. The fraction of sp³-hybridized carbons (Fsp3) is 0.500. The van der Waals surface area contributed by atoms with Crippen LogP contribution in [0.4, 0.5) is 0 Å². The van der Waals surface area contributed by atoms with Crippen LogP contribution in [0, 0.1) is 11.8 Å².